The molecule has 0 amide bonds. The van der Waals surface area contributed by atoms with Gasteiger partial charge in [-0.1, -0.05) is 0 Å². The third-order valence-electron chi connectivity index (χ3n) is 0. The van der Waals surface area contributed by atoms with E-state index in [1.165, 1.54) is 16.2 Å². The van der Waals surface area contributed by atoms with Gasteiger partial charge in [-0.25, -0.2) is 0 Å². The van der Waals surface area contributed by atoms with Crippen LogP contribution in [-0.4, -0.2) is 0 Å². The molecule has 0 heterocycles. The van der Waals surface area contributed by atoms with Crippen molar-refractivity contribution in [3.05, 3.63) is 0 Å². The second-order valence-corrected chi connectivity index (χ2v) is 0. The molecule has 2 nitrogen and oxygen atoms in total. The Balaban J connectivity index is 0. The number of hydrogen-bond donors (Lipinski definition) is 0. The van der Waals surface area contributed by atoms with Crippen LogP contribution in [0.1, 0.15) is 0 Å². The summed E-state index contributed by atoms with van der Waals surface area (Å²) in [6, 6.07) is 0. The van der Waals surface area contributed by atoms with E-state index >= 15 is 0 Å². The Morgan fingerprint density at radius 3 is 1.25 bits per heavy atom. The molecule has 4 heteroatoms. The third-order valence-corrected chi connectivity index (χ3v) is 0. The monoisotopic (exact) mass is 173 g/mol. The fraction of sp³-hybridized carbons (Fsp3) is 0. The van der Waals surface area contributed by atoms with E-state index in [0.29, 0.717) is 0 Å². The number of hydrogen-bond acceptors (Lipinski definition) is 2. The Labute approximate surface area is 52.6 Å². The van der Waals surface area contributed by atoms with Crippen LogP contribution in [0, 0.1) is 0 Å². The van der Waals surface area contributed by atoms with Crippen molar-refractivity contribution in [2.75, 3.05) is 0 Å². The van der Waals surface area contributed by atoms with E-state index < -0.39 is 0 Å². The summed E-state index contributed by atoms with van der Waals surface area (Å²) in [5, 5.41) is 0. The molecule has 0 N–H and O–H groups in total. The normalized spacial score (nSPS) is 2.50. The summed E-state index contributed by atoms with van der Waals surface area (Å²) >= 11 is 1.48. The Kier molecular flexibility index (Phi) is 65.1. The fourth-order valence-corrected chi connectivity index (χ4v) is 0. The Hall–Kier alpha value is 1.24. The molecule has 0 saturated heterocycles. The maximum absolute atomic E-state index is 8.38. The van der Waals surface area contributed by atoms with Crippen LogP contribution in [0.15, 0.2) is 0 Å². The Bertz CT molecular complexity index is 8.00. The van der Waals surface area contributed by atoms with Crippen LogP contribution in [0.3, 0.4) is 0 Å². The molecule has 0 aliphatic rings. The van der Waals surface area contributed by atoms with Crippen molar-refractivity contribution in [1.82, 2.24) is 0 Å². The van der Waals surface area contributed by atoms with Gasteiger partial charge in [0.25, 0.3) is 0 Å². The van der Waals surface area contributed by atoms with Crippen molar-refractivity contribution >= 4 is 0 Å². The van der Waals surface area contributed by atoms with Gasteiger partial charge in [-0.3, -0.25) is 0 Å². The summed E-state index contributed by atoms with van der Waals surface area (Å²) in [7, 11) is 0. The molecule has 4 heavy (non-hydrogen) atoms. The van der Waals surface area contributed by atoms with Gasteiger partial charge in [0.1, 0.15) is 0 Å². The third kappa shape index (κ3) is 10.6. The second kappa shape index (κ2) is 29.0. The maximum atomic E-state index is 8.38. The molecule has 0 unspecified atom stereocenters. The van der Waals surface area contributed by atoms with Gasteiger partial charge in [-0.15, -0.1) is 0 Å². The molecular weight excluding hydrogens is 173 g/mol. The van der Waals surface area contributed by atoms with Crippen LogP contribution in [-0.2, 0) is 53.1 Å². The minimum atomic E-state index is 0.100. The van der Waals surface area contributed by atoms with Crippen molar-refractivity contribution in [2.45, 2.75) is 0 Å². The predicted molar refractivity (Wildman–Crippen MR) is 1.37 cm³/mol. The first-order valence-electron chi connectivity index (χ1n) is 0.402. The van der Waals surface area contributed by atoms with Crippen LogP contribution < -0.4 is 0 Å². The predicted octanol–water partition coefficient (Wildman–Crippen LogP) is -0.243. The summed E-state index contributed by atoms with van der Waals surface area (Å²) in [4.78, 5) is 0. The molecule has 0 atom stereocenters. The first-order valence-corrected chi connectivity index (χ1v) is 2.08. The topological polar surface area (TPSA) is 34.1 Å². The molecule has 0 fully saturated rings. The summed E-state index contributed by atoms with van der Waals surface area (Å²) in [6.45, 7) is 0. The molecule has 0 aliphatic carbocycles. The van der Waals surface area contributed by atoms with Crippen molar-refractivity contribution < 1.29 is 53.1 Å². The van der Waals surface area contributed by atoms with Crippen molar-refractivity contribution in [3.8, 4) is 0 Å². The van der Waals surface area contributed by atoms with Crippen LogP contribution in [0.4, 0.5) is 0 Å². The van der Waals surface area contributed by atoms with E-state index in [1.807, 2.05) is 0 Å². The quantitative estimate of drug-likeness (QED) is 0.506. The van der Waals surface area contributed by atoms with E-state index in [0.717, 1.165) is 0 Å². The van der Waals surface area contributed by atoms with Gasteiger partial charge in [0.2, 0.25) is 0 Å². The zero-order chi connectivity index (χ0) is 4.00. The van der Waals surface area contributed by atoms with E-state index in [9.17, 15) is 0 Å². The van der Waals surface area contributed by atoms with Gasteiger partial charge < -0.3 is 0 Å². The zero-order valence-corrected chi connectivity index (χ0v) is 5.92. The van der Waals surface area contributed by atoms with E-state index in [1.54, 1.807) is 0 Å². The minimum absolute atomic E-state index is 0.100. The van der Waals surface area contributed by atoms with Crippen LogP contribution >= 0.6 is 0 Å². The number of rotatable bonds is 0. The van der Waals surface area contributed by atoms with Crippen LogP contribution in [0.25, 0.3) is 0 Å². The summed E-state index contributed by atoms with van der Waals surface area (Å²) in [5.74, 6) is 0. The summed E-state index contributed by atoms with van der Waals surface area (Å²) in [5.41, 5.74) is 0. The standard InChI is InChI=1S/Cr.2O.Y. The van der Waals surface area contributed by atoms with Crippen LogP contribution in [0.5, 0.6) is 0 Å². The first-order chi connectivity index (χ1) is 2.00. The van der Waals surface area contributed by atoms with E-state index in [4.69, 9.17) is 5.85 Å². The molecule has 21 valence electrons. The van der Waals surface area contributed by atoms with E-state index in [2.05, 4.69) is 0 Å². The molecule has 0 rings (SSSR count). The Morgan fingerprint density at radius 2 is 1.25 bits per heavy atom. The molecule has 0 radical (unpaired) electrons. The second-order valence-electron chi connectivity index (χ2n) is 0. The SMILES string of the molecule is [O]=[Cr].[O]=[Y]. The molecule has 0 spiro atoms. The molecule has 0 aromatic carbocycles. The molecule has 0 aromatic heterocycles. The van der Waals surface area contributed by atoms with Crippen LogP contribution in [0.2, 0.25) is 0 Å². The van der Waals surface area contributed by atoms with Gasteiger partial charge in [0.05, 0.1) is 0 Å². The van der Waals surface area contributed by atoms with Crippen molar-refractivity contribution in [1.29, 1.82) is 0 Å². The van der Waals surface area contributed by atoms with Crippen molar-refractivity contribution in [3.63, 3.8) is 0 Å². The average molecular weight is 173 g/mol. The van der Waals surface area contributed by atoms with Gasteiger partial charge >= 0.3 is 53.1 Å². The average Bonchev–Trinajstić information content (AvgIpc) is 1.50. The Morgan fingerprint density at radius 1 is 1.25 bits per heavy atom. The van der Waals surface area contributed by atoms with Crippen molar-refractivity contribution in [2.24, 2.45) is 0 Å². The summed E-state index contributed by atoms with van der Waals surface area (Å²) in [6.07, 6.45) is 0. The molecule has 0 saturated carbocycles. The van der Waals surface area contributed by atoms with Gasteiger partial charge in [-0.2, -0.15) is 0 Å². The zero-order valence-electron chi connectivity index (χ0n) is 1.80. The molecule has 0 aromatic rings. The van der Waals surface area contributed by atoms with E-state index in [-0.39, 0.29) is 31.0 Å². The molecular formula is CrO2Y. The summed E-state index contributed by atoms with van der Waals surface area (Å²) < 4.78 is 16.5. The fourth-order valence-electron chi connectivity index (χ4n) is 0. The van der Waals surface area contributed by atoms with Gasteiger partial charge in [-0.05, 0) is 0 Å². The molecule has 0 bridgehead atoms. The first kappa shape index (κ1) is 8.97. The van der Waals surface area contributed by atoms with Gasteiger partial charge in [0.15, 0.2) is 0 Å². The molecule has 0 aliphatic heterocycles. The van der Waals surface area contributed by atoms with Gasteiger partial charge in [0, 0.05) is 0 Å².